The minimum absolute atomic E-state index is 0.0756. The Morgan fingerprint density at radius 3 is 2.80 bits per heavy atom. The normalized spacial score (nSPS) is 27.6. The van der Waals surface area contributed by atoms with Crippen LogP contribution in [-0.2, 0) is 6.42 Å². The third kappa shape index (κ3) is 3.30. The summed E-state index contributed by atoms with van der Waals surface area (Å²) in [6.07, 6.45) is 6.95. The molecule has 2 rings (SSSR count). The zero-order valence-corrected chi connectivity index (χ0v) is 11.2. The number of aliphatic hydroxyl groups excluding tert-OH is 1. The van der Waals surface area contributed by atoms with Gasteiger partial charge < -0.3 is 5.11 Å². The molecule has 0 radical (unpaired) electrons. The maximum atomic E-state index is 10.0. The molecule has 1 aliphatic carbocycles. The molecule has 1 aliphatic rings. The summed E-state index contributed by atoms with van der Waals surface area (Å²) in [5.41, 5.74) is 0. The molecule has 0 spiro atoms. The second kappa shape index (κ2) is 5.46. The molecular weight excluding hydrogens is 272 g/mol. The first-order valence-electron chi connectivity index (χ1n) is 5.68. The largest absolute Gasteiger partial charge is 0.393 e. The van der Waals surface area contributed by atoms with Gasteiger partial charge in [-0.2, -0.15) is 0 Å². The summed E-state index contributed by atoms with van der Waals surface area (Å²) in [5.74, 6) is 0.484. The Balaban J connectivity index is 1.97. The van der Waals surface area contributed by atoms with Crippen LogP contribution in [-0.4, -0.2) is 11.2 Å². The standard InChI is InChI=1S/C12H17BrOS/c13-12-7-6-10(15-12)8-9-4-2-1-3-5-11(9)14/h6-7,9,11,14H,1-5,8H2. The average Bonchev–Trinajstić information content (AvgIpc) is 2.50. The fourth-order valence-corrected chi connectivity index (χ4v) is 3.90. The lowest BCUT2D eigenvalue weighted by atomic mass is 9.93. The summed E-state index contributed by atoms with van der Waals surface area (Å²) in [7, 11) is 0. The second-order valence-corrected chi connectivity index (χ2v) is 6.92. The highest BCUT2D eigenvalue weighted by atomic mass is 79.9. The Morgan fingerprint density at radius 2 is 2.07 bits per heavy atom. The molecule has 0 aliphatic heterocycles. The van der Waals surface area contributed by atoms with Crippen LogP contribution in [0.25, 0.3) is 0 Å². The molecule has 15 heavy (non-hydrogen) atoms. The highest BCUT2D eigenvalue weighted by Crippen LogP contribution is 2.30. The molecule has 1 heterocycles. The van der Waals surface area contributed by atoms with Gasteiger partial charge in [-0.1, -0.05) is 19.3 Å². The fraction of sp³-hybridized carbons (Fsp3) is 0.667. The minimum Gasteiger partial charge on any atom is -0.393 e. The van der Waals surface area contributed by atoms with Crippen molar-refractivity contribution in [1.29, 1.82) is 0 Å². The first-order chi connectivity index (χ1) is 7.25. The number of hydrogen-bond donors (Lipinski definition) is 1. The number of rotatable bonds is 2. The van der Waals surface area contributed by atoms with Crippen LogP contribution in [0.2, 0.25) is 0 Å². The first kappa shape index (κ1) is 11.6. The van der Waals surface area contributed by atoms with Crippen molar-refractivity contribution in [3.05, 3.63) is 20.8 Å². The van der Waals surface area contributed by atoms with E-state index in [0.717, 1.165) is 12.8 Å². The van der Waals surface area contributed by atoms with Crippen molar-refractivity contribution in [2.24, 2.45) is 5.92 Å². The van der Waals surface area contributed by atoms with E-state index in [0.29, 0.717) is 5.92 Å². The number of halogens is 1. The Labute approximate surface area is 104 Å². The highest BCUT2D eigenvalue weighted by Gasteiger charge is 2.22. The molecule has 1 saturated carbocycles. The van der Waals surface area contributed by atoms with Gasteiger partial charge in [-0.25, -0.2) is 0 Å². The number of hydrogen-bond acceptors (Lipinski definition) is 2. The van der Waals surface area contributed by atoms with E-state index < -0.39 is 0 Å². The Hall–Kier alpha value is 0.140. The predicted octanol–water partition coefficient (Wildman–Crippen LogP) is 3.99. The lowest BCUT2D eigenvalue weighted by molar-refractivity contribution is 0.101. The third-order valence-corrected chi connectivity index (χ3v) is 4.86. The average molecular weight is 289 g/mol. The molecule has 1 nitrogen and oxygen atoms in total. The highest BCUT2D eigenvalue weighted by molar-refractivity contribution is 9.11. The van der Waals surface area contributed by atoms with Gasteiger partial charge in [-0.15, -0.1) is 11.3 Å². The van der Waals surface area contributed by atoms with Crippen molar-refractivity contribution in [1.82, 2.24) is 0 Å². The van der Waals surface area contributed by atoms with Gasteiger partial charge in [0.15, 0.2) is 0 Å². The summed E-state index contributed by atoms with van der Waals surface area (Å²) in [6.45, 7) is 0. The van der Waals surface area contributed by atoms with Crippen LogP contribution in [0.15, 0.2) is 15.9 Å². The van der Waals surface area contributed by atoms with E-state index in [2.05, 4.69) is 28.1 Å². The Morgan fingerprint density at radius 1 is 1.27 bits per heavy atom. The van der Waals surface area contributed by atoms with Gasteiger partial charge in [-0.05, 0) is 53.2 Å². The van der Waals surface area contributed by atoms with E-state index in [1.54, 1.807) is 11.3 Å². The number of thiophene rings is 1. The van der Waals surface area contributed by atoms with Gasteiger partial charge >= 0.3 is 0 Å². The van der Waals surface area contributed by atoms with Crippen molar-refractivity contribution in [3.8, 4) is 0 Å². The summed E-state index contributed by atoms with van der Waals surface area (Å²) in [6, 6.07) is 4.27. The van der Waals surface area contributed by atoms with E-state index in [1.165, 1.54) is 34.3 Å². The molecule has 2 atom stereocenters. The molecule has 0 amide bonds. The van der Waals surface area contributed by atoms with E-state index >= 15 is 0 Å². The SMILES string of the molecule is OC1CCCCCC1Cc1ccc(Br)s1. The first-order valence-corrected chi connectivity index (χ1v) is 7.29. The Bertz CT molecular complexity index is 310. The van der Waals surface area contributed by atoms with Gasteiger partial charge in [0, 0.05) is 4.88 Å². The molecule has 0 saturated heterocycles. The second-order valence-electron chi connectivity index (χ2n) is 4.38. The van der Waals surface area contributed by atoms with Crippen LogP contribution < -0.4 is 0 Å². The van der Waals surface area contributed by atoms with E-state index in [4.69, 9.17) is 0 Å². The molecule has 1 aromatic rings. The lowest BCUT2D eigenvalue weighted by Gasteiger charge is -2.19. The zero-order valence-electron chi connectivity index (χ0n) is 8.79. The van der Waals surface area contributed by atoms with Gasteiger partial charge in [0.25, 0.3) is 0 Å². The molecule has 3 heteroatoms. The van der Waals surface area contributed by atoms with Crippen LogP contribution in [0.3, 0.4) is 0 Å². The summed E-state index contributed by atoms with van der Waals surface area (Å²) >= 11 is 5.28. The van der Waals surface area contributed by atoms with Crippen LogP contribution in [0.5, 0.6) is 0 Å². The van der Waals surface area contributed by atoms with Gasteiger partial charge in [0.2, 0.25) is 0 Å². The molecule has 1 fully saturated rings. The van der Waals surface area contributed by atoms with E-state index in [-0.39, 0.29) is 6.10 Å². The minimum atomic E-state index is -0.0756. The molecule has 0 bridgehead atoms. The quantitative estimate of drug-likeness (QED) is 0.816. The molecule has 1 N–H and O–H groups in total. The van der Waals surface area contributed by atoms with Gasteiger partial charge in [-0.3, -0.25) is 0 Å². The molecule has 0 aromatic carbocycles. The van der Waals surface area contributed by atoms with Crippen molar-refractivity contribution >= 4 is 27.3 Å². The van der Waals surface area contributed by atoms with Gasteiger partial charge in [0.05, 0.1) is 9.89 Å². The van der Waals surface area contributed by atoms with Crippen LogP contribution in [0, 0.1) is 5.92 Å². The van der Waals surface area contributed by atoms with Crippen LogP contribution in [0.1, 0.15) is 37.0 Å². The zero-order chi connectivity index (χ0) is 10.7. The molecule has 84 valence electrons. The molecule has 1 aromatic heterocycles. The lowest BCUT2D eigenvalue weighted by Crippen LogP contribution is -2.20. The summed E-state index contributed by atoms with van der Waals surface area (Å²) < 4.78 is 1.20. The monoisotopic (exact) mass is 288 g/mol. The maximum Gasteiger partial charge on any atom is 0.0701 e. The predicted molar refractivity (Wildman–Crippen MR) is 68.3 cm³/mol. The fourth-order valence-electron chi connectivity index (χ4n) is 2.32. The smallest absolute Gasteiger partial charge is 0.0701 e. The topological polar surface area (TPSA) is 20.2 Å². The third-order valence-electron chi connectivity index (χ3n) is 3.21. The van der Waals surface area contributed by atoms with E-state index in [1.807, 2.05) is 0 Å². The van der Waals surface area contributed by atoms with Crippen molar-refractivity contribution in [2.75, 3.05) is 0 Å². The van der Waals surface area contributed by atoms with Crippen LogP contribution >= 0.6 is 27.3 Å². The summed E-state index contributed by atoms with van der Waals surface area (Å²) in [4.78, 5) is 1.40. The Kier molecular flexibility index (Phi) is 4.23. The number of aliphatic hydroxyl groups is 1. The van der Waals surface area contributed by atoms with Crippen molar-refractivity contribution < 1.29 is 5.11 Å². The van der Waals surface area contributed by atoms with Crippen LogP contribution in [0.4, 0.5) is 0 Å². The summed E-state index contributed by atoms with van der Waals surface area (Å²) in [5, 5.41) is 10.0. The molecule has 2 unspecified atom stereocenters. The van der Waals surface area contributed by atoms with E-state index in [9.17, 15) is 5.11 Å². The molecular formula is C12H17BrOS. The maximum absolute atomic E-state index is 10.0. The van der Waals surface area contributed by atoms with Gasteiger partial charge in [0.1, 0.15) is 0 Å². The van der Waals surface area contributed by atoms with Crippen molar-refractivity contribution in [2.45, 2.75) is 44.6 Å². The van der Waals surface area contributed by atoms with Crippen molar-refractivity contribution in [3.63, 3.8) is 0 Å².